The molecule has 11 heavy (non-hydrogen) atoms. The van der Waals surface area contributed by atoms with Crippen molar-refractivity contribution >= 4 is 7.12 Å². The normalized spacial score (nSPS) is 16.6. The second kappa shape index (κ2) is 4.72. The quantitative estimate of drug-likeness (QED) is 0.376. The van der Waals surface area contributed by atoms with Crippen molar-refractivity contribution in [1.82, 2.24) is 10.4 Å². The molecular formula is C6H17BN2O2. The first-order chi connectivity index (χ1) is 5.00. The minimum absolute atomic E-state index is 0.0972. The Balaban J connectivity index is 3.90. The van der Waals surface area contributed by atoms with Gasteiger partial charge in [0, 0.05) is 18.9 Å². The molecule has 0 bridgehead atoms. The van der Waals surface area contributed by atoms with Gasteiger partial charge in [0.15, 0.2) is 0 Å². The molecule has 0 rings (SSSR count). The van der Waals surface area contributed by atoms with Crippen molar-refractivity contribution in [2.45, 2.75) is 25.7 Å². The number of rotatable bonds is 4. The summed E-state index contributed by atoms with van der Waals surface area (Å²) in [6, 6.07) is 0.0972. The monoisotopic (exact) mass is 160 g/mol. The lowest BCUT2D eigenvalue weighted by Crippen LogP contribution is -2.44. The number of nitrogens with one attached hydrogen (secondary N) is 1. The van der Waals surface area contributed by atoms with E-state index in [-0.39, 0.29) is 11.9 Å². The van der Waals surface area contributed by atoms with Gasteiger partial charge >= 0.3 is 7.12 Å². The molecule has 0 aliphatic rings. The van der Waals surface area contributed by atoms with Crippen LogP contribution in [0, 0.1) is 0 Å². The molecular weight excluding hydrogens is 143 g/mol. The molecule has 0 radical (unpaired) electrons. The van der Waals surface area contributed by atoms with Crippen molar-refractivity contribution in [1.29, 1.82) is 0 Å². The Morgan fingerprint density at radius 1 is 1.36 bits per heavy atom. The lowest BCUT2D eigenvalue weighted by molar-refractivity contribution is 0.177. The van der Waals surface area contributed by atoms with E-state index in [0.717, 1.165) is 0 Å². The van der Waals surface area contributed by atoms with E-state index in [1.807, 2.05) is 19.0 Å². The summed E-state index contributed by atoms with van der Waals surface area (Å²) in [5, 5.41) is 19.5. The van der Waals surface area contributed by atoms with Gasteiger partial charge in [0.05, 0.1) is 0 Å². The fraction of sp³-hybridized carbons (Fsp3) is 1.00. The van der Waals surface area contributed by atoms with E-state index in [1.165, 1.54) is 0 Å². The predicted octanol–water partition coefficient (Wildman–Crippen LogP) is -0.696. The van der Waals surface area contributed by atoms with Crippen LogP contribution < -0.4 is 5.43 Å². The molecule has 0 spiro atoms. The number of hydrogen-bond acceptors (Lipinski definition) is 4. The molecule has 0 heterocycles. The van der Waals surface area contributed by atoms with Gasteiger partial charge < -0.3 is 10.0 Å². The second-order valence-corrected chi connectivity index (χ2v) is 2.85. The molecule has 2 atom stereocenters. The number of nitrogens with zero attached hydrogens (tertiary/aromatic N) is 1. The van der Waals surface area contributed by atoms with Gasteiger partial charge in [0.25, 0.3) is 0 Å². The highest BCUT2D eigenvalue weighted by Gasteiger charge is 2.26. The van der Waals surface area contributed by atoms with Gasteiger partial charge in [-0.15, -0.1) is 0 Å². The molecule has 1 unspecified atom stereocenters. The molecule has 0 aromatic heterocycles. The molecule has 3 N–H and O–H groups in total. The van der Waals surface area contributed by atoms with Crippen LogP contribution in [0.5, 0.6) is 0 Å². The van der Waals surface area contributed by atoms with Crippen LogP contribution in [0.15, 0.2) is 0 Å². The smallest absolute Gasteiger partial charge is 0.427 e. The van der Waals surface area contributed by atoms with Crippen LogP contribution in [0.4, 0.5) is 0 Å². The Morgan fingerprint density at radius 2 is 1.82 bits per heavy atom. The largest absolute Gasteiger partial charge is 0.456 e. The minimum atomic E-state index is -1.25. The zero-order valence-corrected chi connectivity index (χ0v) is 7.57. The van der Waals surface area contributed by atoms with Crippen molar-refractivity contribution in [3.05, 3.63) is 0 Å². The Kier molecular flexibility index (Phi) is 4.68. The van der Waals surface area contributed by atoms with Gasteiger partial charge in [0.1, 0.15) is 0 Å². The predicted molar refractivity (Wildman–Crippen MR) is 45.9 cm³/mol. The highest BCUT2D eigenvalue weighted by Crippen LogP contribution is 2.14. The highest BCUT2D eigenvalue weighted by atomic mass is 16.4. The van der Waals surface area contributed by atoms with Crippen molar-refractivity contribution < 1.29 is 10.0 Å². The van der Waals surface area contributed by atoms with E-state index >= 15 is 0 Å². The number of hydrazine groups is 1. The fourth-order valence-corrected chi connectivity index (χ4v) is 0.805. The van der Waals surface area contributed by atoms with E-state index in [1.54, 1.807) is 14.0 Å². The highest BCUT2D eigenvalue weighted by molar-refractivity contribution is 6.43. The van der Waals surface area contributed by atoms with Crippen molar-refractivity contribution in [3.8, 4) is 0 Å². The molecule has 66 valence electrons. The van der Waals surface area contributed by atoms with Crippen LogP contribution in [0.1, 0.15) is 13.8 Å². The van der Waals surface area contributed by atoms with Crippen LogP contribution in [0.2, 0.25) is 5.82 Å². The van der Waals surface area contributed by atoms with Gasteiger partial charge in [-0.1, -0.05) is 6.92 Å². The lowest BCUT2D eigenvalue weighted by Gasteiger charge is -2.28. The average Bonchev–Trinajstić information content (AvgIpc) is 2.00. The molecule has 0 aromatic carbocycles. The minimum Gasteiger partial charge on any atom is -0.427 e. The van der Waals surface area contributed by atoms with E-state index in [0.29, 0.717) is 0 Å². The van der Waals surface area contributed by atoms with Crippen molar-refractivity contribution in [3.63, 3.8) is 0 Å². The third kappa shape index (κ3) is 3.20. The van der Waals surface area contributed by atoms with E-state index < -0.39 is 7.12 Å². The Hall–Kier alpha value is -0.0951. The number of hydrogen-bond donors (Lipinski definition) is 3. The second-order valence-electron chi connectivity index (χ2n) is 2.85. The van der Waals surface area contributed by atoms with E-state index in [4.69, 9.17) is 10.0 Å². The van der Waals surface area contributed by atoms with E-state index in [9.17, 15) is 0 Å². The first-order valence-corrected chi connectivity index (χ1v) is 3.77. The van der Waals surface area contributed by atoms with Crippen LogP contribution in [-0.2, 0) is 0 Å². The van der Waals surface area contributed by atoms with Crippen molar-refractivity contribution in [2.24, 2.45) is 0 Å². The summed E-state index contributed by atoms with van der Waals surface area (Å²) in [7, 11) is 2.41. The summed E-state index contributed by atoms with van der Waals surface area (Å²) >= 11 is 0. The summed E-state index contributed by atoms with van der Waals surface area (Å²) in [4.78, 5) is 0. The van der Waals surface area contributed by atoms with Crippen LogP contribution in [-0.4, -0.2) is 42.3 Å². The summed E-state index contributed by atoms with van der Waals surface area (Å²) in [6.07, 6.45) is 0. The third-order valence-electron chi connectivity index (χ3n) is 2.19. The average molecular weight is 160 g/mol. The molecule has 4 nitrogen and oxygen atoms in total. The van der Waals surface area contributed by atoms with E-state index in [2.05, 4.69) is 5.43 Å². The summed E-state index contributed by atoms with van der Waals surface area (Å²) < 4.78 is 0. The van der Waals surface area contributed by atoms with Gasteiger partial charge in [-0.05, 0) is 14.0 Å². The van der Waals surface area contributed by atoms with Gasteiger partial charge in [-0.3, -0.25) is 5.43 Å². The third-order valence-corrected chi connectivity index (χ3v) is 2.19. The van der Waals surface area contributed by atoms with Gasteiger partial charge in [-0.25, -0.2) is 5.01 Å². The lowest BCUT2D eigenvalue weighted by atomic mass is 9.70. The molecule has 0 saturated heterocycles. The molecule has 0 aromatic rings. The van der Waals surface area contributed by atoms with Gasteiger partial charge in [0.2, 0.25) is 0 Å². The van der Waals surface area contributed by atoms with Crippen LogP contribution in [0.25, 0.3) is 0 Å². The first-order valence-electron chi connectivity index (χ1n) is 3.77. The van der Waals surface area contributed by atoms with Gasteiger partial charge in [-0.2, -0.15) is 0 Å². The zero-order valence-electron chi connectivity index (χ0n) is 7.57. The molecule has 5 heteroatoms. The molecule has 0 aliphatic heterocycles. The van der Waals surface area contributed by atoms with Crippen molar-refractivity contribution in [2.75, 3.05) is 14.1 Å². The maximum absolute atomic E-state index is 8.84. The summed E-state index contributed by atoms with van der Waals surface area (Å²) in [5.74, 6) is -0.160. The maximum atomic E-state index is 8.84. The Bertz CT molecular complexity index is 113. The maximum Gasteiger partial charge on any atom is 0.456 e. The summed E-state index contributed by atoms with van der Waals surface area (Å²) in [5.41, 5.74) is 2.91. The van der Waals surface area contributed by atoms with Crippen LogP contribution in [0.3, 0.4) is 0 Å². The molecule has 0 fully saturated rings. The summed E-state index contributed by atoms with van der Waals surface area (Å²) in [6.45, 7) is 3.73. The van der Waals surface area contributed by atoms with Crippen LogP contribution >= 0.6 is 0 Å². The molecule has 0 amide bonds. The molecule has 0 saturated carbocycles. The zero-order chi connectivity index (χ0) is 9.02. The topological polar surface area (TPSA) is 55.7 Å². The molecule has 0 aliphatic carbocycles. The SMILES string of the molecule is CNN(C)C(C)[C@H](C)B(O)O. The standard InChI is InChI=1S/C6H17BN2O2/c1-5(7(10)11)6(2)9(4)8-3/h5-6,8,10-11H,1-4H3/t5-,6?/m0/s1. The fourth-order valence-electron chi connectivity index (χ4n) is 0.805. The Morgan fingerprint density at radius 3 is 2.09 bits per heavy atom. The first kappa shape index (κ1) is 10.9. The Labute approximate surface area is 68.3 Å².